The highest BCUT2D eigenvalue weighted by molar-refractivity contribution is 5.90. The Morgan fingerprint density at radius 2 is 1.77 bits per heavy atom. The molecule has 0 radical (unpaired) electrons. The molecule has 0 saturated carbocycles. The van der Waals surface area contributed by atoms with Gasteiger partial charge in [0.15, 0.2) is 6.61 Å². The van der Waals surface area contributed by atoms with Crippen molar-refractivity contribution < 1.29 is 18.7 Å². The largest absolute Gasteiger partial charge is 0.484 e. The van der Waals surface area contributed by atoms with Crippen molar-refractivity contribution in [2.75, 3.05) is 6.61 Å². The number of amides is 2. The van der Waals surface area contributed by atoms with Crippen molar-refractivity contribution in [1.29, 1.82) is 0 Å². The molecule has 6 nitrogen and oxygen atoms in total. The van der Waals surface area contributed by atoms with Crippen LogP contribution < -0.4 is 15.6 Å². The topological polar surface area (TPSA) is 80.6 Å². The standard InChI is InChI=1S/C20H20N2O4/c1-13-8-14(2)20-15(11-26-17(20)9-13)10-18(23)21-22-19(24)12-25-16-6-4-3-5-7-16/h3-9,11H,10,12H2,1-2H3,(H,21,23)(H,22,24). The van der Waals surface area contributed by atoms with Gasteiger partial charge >= 0.3 is 0 Å². The Morgan fingerprint density at radius 3 is 2.54 bits per heavy atom. The Morgan fingerprint density at radius 1 is 1.04 bits per heavy atom. The van der Waals surface area contributed by atoms with Crippen LogP contribution in [-0.4, -0.2) is 18.4 Å². The maximum absolute atomic E-state index is 12.1. The molecule has 2 amide bonds. The van der Waals surface area contributed by atoms with E-state index in [1.807, 2.05) is 44.2 Å². The lowest BCUT2D eigenvalue weighted by Crippen LogP contribution is -2.44. The third-order valence-electron chi connectivity index (χ3n) is 3.90. The molecule has 26 heavy (non-hydrogen) atoms. The van der Waals surface area contributed by atoms with Crippen LogP contribution in [0.25, 0.3) is 11.0 Å². The second-order valence-electron chi connectivity index (χ2n) is 6.09. The Labute approximate surface area is 151 Å². The molecular weight excluding hydrogens is 332 g/mol. The molecule has 2 aromatic carbocycles. The minimum absolute atomic E-state index is 0.108. The average Bonchev–Trinajstić information content (AvgIpc) is 3.01. The van der Waals surface area contributed by atoms with E-state index in [0.29, 0.717) is 5.75 Å². The smallest absolute Gasteiger partial charge is 0.276 e. The summed E-state index contributed by atoms with van der Waals surface area (Å²) in [6.07, 6.45) is 1.69. The summed E-state index contributed by atoms with van der Waals surface area (Å²) >= 11 is 0. The van der Waals surface area contributed by atoms with Gasteiger partial charge in [0.1, 0.15) is 11.3 Å². The average molecular weight is 352 g/mol. The van der Waals surface area contributed by atoms with Gasteiger partial charge in [0.05, 0.1) is 12.7 Å². The van der Waals surface area contributed by atoms with Crippen LogP contribution in [-0.2, 0) is 16.0 Å². The van der Waals surface area contributed by atoms with Gasteiger partial charge in [-0.15, -0.1) is 0 Å². The summed E-state index contributed by atoms with van der Waals surface area (Å²) in [6, 6.07) is 13.0. The lowest BCUT2D eigenvalue weighted by atomic mass is 10.0. The van der Waals surface area contributed by atoms with Crippen LogP contribution in [0.15, 0.2) is 53.1 Å². The number of furan rings is 1. The predicted octanol–water partition coefficient (Wildman–Crippen LogP) is 2.82. The number of benzene rings is 2. The van der Waals surface area contributed by atoms with Crippen LogP contribution >= 0.6 is 0 Å². The molecule has 0 atom stereocenters. The molecular formula is C20H20N2O4. The fourth-order valence-electron chi connectivity index (χ4n) is 2.81. The van der Waals surface area contributed by atoms with Gasteiger partial charge in [0.2, 0.25) is 5.91 Å². The van der Waals surface area contributed by atoms with Crippen molar-refractivity contribution in [2.45, 2.75) is 20.3 Å². The molecule has 0 saturated heterocycles. The summed E-state index contributed by atoms with van der Waals surface area (Å²) < 4.78 is 10.8. The number of hydrogen-bond donors (Lipinski definition) is 2. The summed E-state index contributed by atoms with van der Waals surface area (Å²) in [7, 11) is 0. The number of para-hydroxylation sites is 1. The molecule has 3 rings (SSSR count). The van der Waals surface area contributed by atoms with Gasteiger partial charge in [-0.25, -0.2) is 0 Å². The first kappa shape index (κ1) is 17.5. The number of ether oxygens (including phenoxy) is 1. The Balaban J connectivity index is 1.52. The number of carbonyl (C=O) groups is 2. The summed E-state index contributed by atoms with van der Waals surface area (Å²) in [4.78, 5) is 23.9. The molecule has 6 heteroatoms. The number of nitrogens with one attached hydrogen (secondary N) is 2. The predicted molar refractivity (Wildman–Crippen MR) is 97.6 cm³/mol. The molecule has 0 unspecified atom stereocenters. The van der Waals surface area contributed by atoms with E-state index in [1.165, 1.54) is 0 Å². The van der Waals surface area contributed by atoms with E-state index in [1.54, 1.807) is 18.4 Å². The first-order valence-electron chi connectivity index (χ1n) is 8.26. The highest BCUT2D eigenvalue weighted by atomic mass is 16.5. The molecule has 0 fully saturated rings. The molecule has 2 N–H and O–H groups in total. The van der Waals surface area contributed by atoms with Gasteiger partial charge in [-0.05, 0) is 43.2 Å². The molecule has 1 heterocycles. The van der Waals surface area contributed by atoms with E-state index in [0.717, 1.165) is 27.7 Å². The molecule has 1 aromatic heterocycles. The Hall–Kier alpha value is -3.28. The number of aryl methyl sites for hydroxylation is 2. The summed E-state index contributed by atoms with van der Waals surface area (Å²) in [5, 5.41) is 0.935. The van der Waals surface area contributed by atoms with E-state index < -0.39 is 5.91 Å². The van der Waals surface area contributed by atoms with Crippen LogP contribution in [0.5, 0.6) is 5.75 Å². The zero-order valence-electron chi connectivity index (χ0n) is 14.7. The Kier molecular flexibility index (Phi) is 5.22. The lowest BCUT2D eigenvalue weighted by Gasteiger charge is -2.08. The molecule has 134 valence electrons. The third kappa shape index (κ3) is 4.22. The van der Waals surface area contributed by atoms with Crippen molar-refractivity contribution in [3.8, 4) is 5.75 Å². The van der Waals surface area contributed by atoms with Gasteiger partial charge in [-0.2, -0.15) is 0 Å². The van der Waals surface area contributed by atoms with Crippen molar-refractivity contribution >= 4 is 22.8 Å². The van der Waals surface area contributed by atoms with E-state index in [-0.39, 0.29) is 18.9 Å². The summed E-state index contributed by atoms with van der Waals surface area (Å²) in [5.41, 5.74) is 8.43. The highest BCUT2D eigenvalue weighted by Crippen LogP contribution is 2.26. The van der Waals surface area contributed by atoms with Crippen LogP contribution in [0.1, 0.15) is 16.7 Å². The first-order valence-corrected chi connectivity index (χ1v) is 8.26. The summed E-state index contributed by atoms with van der Waals surface area (Å²) in [6.45, 7) is 3.79. The van der Waals surface area contributed by atoms with Crippen molar-refractivity contribution in [3.63, 3.8) is 0 Å². The third-order valence-corrected chi connectivity index (χ3v) is 3.90. The van der Waals surface area contributed by atoms with Gasteiger partial charge in [-0.3, -0.25) is 20.4 Å². The minimum Gasteiger partial charge on any atom is -0.484 e. The SMILES string of the molecule is Cc1cc(C)c2c(CC(=O)NNC(=O)COc3ccccc3)coc2c1. The van der Waals surface area contributed by atoms with Crippen LogP contribution in [0.3, 0.4) is 0 Å². The molecule has 0 aliphatic carbocycles. The molecule has 3 aromatic rings. The van der Waals surface area contributed by atoms with Gasteiger partial charge < -0.3 is 9.15 Å². The minimum atomic E-state index is -0.439. The first-order chi connectivity index (χ1) is 12.5. The highest BCUT2D eigenvalue weighted by Gasteiger charge is 2.13. The number of rotatable bonds is 5. The number of hydrogen-bond acceptors (Lipinski definition) is 4. The summed E-state index contributed by atoms with van der Waals surface area (Å²) in [5.74, 6) is -0.184. The van der Waals surface area contributed by atoms with Gasteiger partial charge in [0.25, 0.3) is 5.91 Å². The quantitative estimate of drug-likeness (QED) is 0.692. The fourth-order valence-corrected chi connectivity index (χ4v) is 2.81. The number of fused-ring (bicyclic) bond motifs is 1. The van der Waals surface area contributed by atoms with Crippen LogP contribution in [0.2, 0.25) is 0 Å². The van der Waals surface area contributed by atoms with E-state index in [9.17, 15) is 9.59 Å². The van der Waals surface area contributed by atoms with Crippen molar-refractivity contribution in [3.05, 3.63) is 65.4 Å². The normalized spacial score (nSPS) is 10.5. The van der Waals surface area contributed by atoms with E-state index in [2.05, 4.69) is 10.9 Å². The maximum atomic E-state index is 12.1. The maximum Gasteiger partial charge on any atom is 0.276 e. The zero-order valence-corrected chi connectivity index (χ0v) is 14.7. The molecule has 0 bridgehead atoms. The fraction of sp³-hybridized carbons (Fsp3) is 0.200. The lowest BCUT2D eigenvalue weighted by molar-refractivity contribution is -0.129. The molecule has 0 aliphatic heterocycles. The monoisotopic (exact) mass is 352 g/mol. The van der Waals surface area contributed by atoms with Crippen molar-refractivity contribution in [1.82, 2.24) is 10.9 Å². The van der Waals surface area contributed by atoms with E-state index >= 15 is 0 Å². The Bertz CT molecular complexity index is 932. The second-order valence-corrected chi connectivity index (χ2v) is 6.09. The number of carbonyl (C=O) groups excluding carboxylic acids is 2. The zero-order chi connectivity index (χ0) is 18.5. The van der Waals surface area contributed by atoms with Gasteiger partial charge in [0, 0.05) is 10.9 Å². The molecule has 0 spiro atoms. The van der Waals surface area contributed by atoms with Crippen LogP contribution in [0.4, 0.5) is 0 Å². The van der Waals surface area contributed by atoms with Crippen LogP contribution in [0, 0.1) is 13.8 Å². The molecule has 0 aliphatic rings. The van der Waals surface area contributed by atoms with E-state index in [4.69, 9.17) is 9.15 Å². The number of hydrazine groups is 1. The van der Waals surface area contributed by atoms with Gasteiger partial charge in [-0.1, -0.05) is 24.3 Å². The van der Waals surface area contributed by atoms with Crippen molar-refractivity contribution in [2.24, 2.45) is 0 Å². The second kappa shape index (κ2) is 7.74.